The molecule has 9 heteroatoms. The molecule has 30 heavy (non-hydrogen) atoms. The van der Waals surface area contributed by atoms with Crippen molar-refractivity contribution in [1.29, 1.82) is 0 Å². The number of nitrogens with zero attached hydrogens (tertiary/aromatic N) is 1. The highest BCUT2D eigenvalue weighted by molar-refractivity contribution is 7.89. The summed E-state index contributed by atoms with van der Waals surface area (Å²) < 4.78 is 26.9. The van der Waals surface area contributed by atoms with Crippen molar-refractivity contribution in [2.45, 2.75) is 37.5 Å². The maximum atomic E-state index is 12.7. The Labute approximate surface area is 181 Å². The van der Waals surface area contributed by atoms with E-state index in [-0.39, 0.29) is 23.1 Å². The number of carbonyl (C=O) groups is 2. The van der Waals surface area contributed by atoms with Crippen LogP contribution in [-0.4, -0.2) is 37.6 Å². The number of benzene rings is 2. The third kappa shape index (κ3) is 5.59. The lowest BCUT2D eigenvalue weighted by Gasteiger charge is -2.25. The standard InChI is InChI=1S/C21H24ClN3O4S/c1-15(26)23-20-10-7-17(14-19(20)22)24-21(27)13-16-5-8-18(9-6-16)30(28,29)25-11-3-2-4-12-25/h5-10,14H,2-4,11-13H2,1H3,(H,23,26)(H,24,27). The Morgan fingerprint density at radius 2 is 1.67 bits per heavy atom. The molecule has 1 aliphatic rings. The first-order valence-electron chi connectivity index (χ1n) is 9.72. The summed E-state index contributed by atoms with van der Waals surface area (Å²) in [5.41, 5.74) is 1.67. The molecule has 0 aliphatic carbocycles. The van der Waals surface area contributed by atoms with E-state index in [2.05, 4.69) is 10.6 Å². The molecule has 2 amide bonds. The van der Waals surface area contributed by atoms with Crippen LogP contribution >= 0.6 is 11.6 Å². The smallest absolute Gasteiger partial charge is 0.243 e. The van der Waals surface area contributed by atoms with Crippen molar-refractivity contribution in [3.05, 3.63) is 53.1 Å². The first-order valence-corrected chi connectivity index (χ1v) is 11.5. The van der Waals surface area contributed by atoms with Gasteiger partial charge in [0.1, 0.15) is 0 Å². The predicted molar refractivity (Wildman–Crippen MR) is 117 cm³/mol. The van der Waals surface area contributed by atoms with Crippen LogP contribution in [0.5, 0.6) is 0 Å². The first kappa shape index (κ1) is 22.3. The Balaban J connectivity index is 1.62. The number of nitrogens with one attached hydrogen (secondary N) is 2. The van der Waals surface area contributed by atoms with Crippen molar-refractivity contribution >= 4 is 44.8 Å². The molecule has 0 radical (unpaired) electrons. The maximum Gasteiger partial charge on any atom is 0.243 e. The molecule has 3 rings (SSSR count). The van der Waals surface area contributed by atoms with Crippen molar-refractivity contribution in [1.82, 2.24) is 4.31 Å². The van der Waals surface area contributed by atoms with Crippen molar-refractivity contribution in [3.8, 4) is 0 Å². The van der Waals surface area contributed by atoms with Gasteiger partial charge >= 0.3 is 0 Å². The Morgan fingerprint density at radius 1 is 1.00 bits per heavy atom. The van der Waals surface area contributed by atoms with Crippen molar-refractivity contribution in [2.75, 3.05) is 23.7 Å². The third-order valence-corrected chi connectivity index (χ3v) is 7.03. The predicted octanol–water partition coefficient (Wildman–Crippen LogP) is 3.65. The van der Waals surface area contributed by atoms with Gasteiger partial charge in [-0.3, -0.25) is 9.59 Å². The minimum Gasteiger partial charge on any atom is -0.326 e. The molecule has 0 spiro atoms. The van der Waals surface area contributed by atoms with Gasteiger partial charge in [-0.1, -0.05) is 30.2 Å². The molecule has 1 aliphatic heterocycles. The van der Waals surface area contributed by atoms with Gasteiger partial charge in [-0.2, -0.15) is 4.31 Å². The number of hydrogen-bond acceptors (Lipinski definition) is 4. The van der Waals surface area contributed by atoms with Gasteiger partial charge in [-0.05, 0) is 48.7 Å². The van der Waals surface area contributed by atoms with E-state index in [9.17, 15) is 18.0 Å². The lowest BCUT2D eigenvalue weighted by Crippen LogP contribution is -2.35. The molecule has 0 unspecified atom stereocenters. The molecule has 0 saturated carbocycles. The van der Waals surface area contributed by atoms with Crippen LogP contribution in [-0.2, 0) is 26.0 Å². The molecule has 2 aromatic carbocycles. The van der Waals surface area contributed by atoms with Crippen molar-refractivity contribution in [2.24, 2.45) is 0 Å². The fourth-order valence-corrected chi connectivity index (χ4v) is 5.05. The summed E-state index contributed by atoms with van der Waals surface area (Å²) in [6, 6.07) is 11.2. The minimum absolute atomic E-state index is 0.0924. The summed E-state index contributed by atoms with van der Waals surface area (Å²) in [6.45, 7) is 2.49. The van der Waals surface area contributed by atoms with Crippen LogP contribution < -0.4 is 10.6 Å². The van der Waals surface area contributed by atoms with Crippen LogP contribution in [0.1, 0.15) is 31.7 Å². The van der Waals surface area contributed by atoms with E-state index in [4.69, 9.17) is 11.6 Å². The Morgan fingerprint density at radius 3 is 2.27 bits per heavy atom. The van der Waals surface area contributed by atoms with Crippen LogP contribution in [0.4, 0.5) is 11.4 Å². The number of anilines is 2. The van der Waals surface area contributed by atoms with E-state index >= 15 is 0 Å². The van der Waals surface area contributed by atoms with Crippen LogP contribution in [0, 0.1) is 0 Å². The second-order valence-corrected chi connectivity index (χ2v) is 9.55. The van der Waals surface area contributed by atoms with Gasteiger partial charge in [-0.25, -0.2) is 8.42 Å². The minimum atomic E-state index is -3.49. The fraction of sp³-hybridized carbons (Fsp3) is 0.333. The Hall–Kier alpha value is -2.42. The van der Waals surface area contributed by atoms with Crippen LogP contribution in [0.3, 0.4) is 0 Å². The van der Waals surface area contributed by atoms with E-state index in [1.165, 1.54) is 11.2 Å². The van der Waals surface area contributed by atoms with Gasteiger partial charge in [0, 0.05) is 25.7 Å². The summed E-state index contributed by atoms with van der Waals surface area (Å²) in [5, 5.41) is 5.66. The molecule has 2 aromatic rings. The van der Waals surface area contributed by atoms with E-state index < -0.39 is 10.0 Å². The SMILES string of the molecule is CC(=O)Nc1ccc(NC(=O)Cc2ccc(S(=O)(=O)N3CCCCC3)cc2)cc1Cl. The Kier molecular flexibility index (Phi) is 7.12. The van der Waals surface area contributed by atoms with Crippen LogP contribution in [0.25, 0.3) is 0 Å². The lowest BCUT2D eigenvalue weighted by atomic mass is 10.1. The van der Waals surface area contributed by atoms with E-state index in [1.54, 1.807) is 42.5 Å². The van der Waals surface area contributed by atoms with Gasteiger partial charge < -0.3 is 10.6 Å². The fourth-order valence-electron chi connectivity index (χ4n) is 3.31. The zero-order valence-corrected chi connectivity index (χ0v) is 18.2. The van der Waals surface area contributed by atoms with Gasteiger partial charge in [0.15, 0.2) is 0 Å². The molecule has 1 fully saturated rings. The van der Waals surface area contributed by atoms with E-state index in [0.717, 1.165) is 19.3 Å². The van der Waals surface area contributed by atoms with Crippen molar-refractivity contribution in [3.63, 3.8) is 0 Å². The maximum absolute atomic E-state index is 12.7. The monoisotopic (exact) mass is 449 g/mol. The second kappa shape index (κ2) is 9.59. The largest absolute Gasteiger partial charge is 0.326 e. The van der Waals surface area contributed by atoms with E-state index in [1.807, 2.05) is 0 Å². The lowest BCUT2D eigenvalue weighted by molar-refractivity contribution is -0.116. The second-order valence-electron chi connectivity index (χ2n) is 7.21. The van der Waals surface area contributed by atoms with E-state index in [0.29, 0.717) is 35.1 Å². The van der Waals surface area contributed by atoms with Crippen LogP contribution in [0.2, 0.25) is 5.02 Å². The number of amides is 2. The Bertz CT molecular complexity index is 1030. The normalized spacial score (nSPS) is 14.9. The van der Waals surface area contributed by atoms with Crippen molar-refractivity contribution < 1.29 is 18.0 Å². The number of rotatable bonds is 6. The number of piperidine rings is 1. The number of hydrogen-bond donors (Lipinski definition) is 2. The van der Waals surface area contributed by atoms with Gasteiger partial charge in [0.2, 0.25) is 21.8 Å². The molecule has 1 heterocycles. The molecule has 0 atom stereocenters. The molecule has 2 N–H and O–H groups in total. The molecular formula is C21H24ClN3O4S. The number of halogens is 1. The molecule has 0 aromatic heterocycles. The molecule has 7 nitrogen and oxygen atoms in total. The highest BCUT2D eigenvalue weighted by Gasteiger charge is 2.25. The zero-order valence-electron chi connectivity index (χ0n) is 16.7. The molecule has 1 saturated heterocycles. The summed E-state index contributed by atoms with van der Waals surface area (Å²) in [6.07, 6.45) is 2.91. The highest BCUT2D eigenvalue weighted by atomic mass is 35.5. The summed E-state index contributed by atoms with van der Waals surface area (Å²) in [4.78, 5) is 23.7. The summed E-state index contributed by atoms with van der Waals surface area (Å²) in [5.74, 6) is -0.496. The van der Waals surface area contributed by atoms with Gasteiger partial charge in [0.25, 0.3) is 0 Å². The molecule has 160 valence electrons. The molecular weight excluding hydrogens is 426 g/mol. The van der Waals surface area contributed by atoms with Crippen LogP contribution in [0.15, 0.2) is 47.4 Å². The quantitative estimate of drug-likeness (QED) is 0.703. The summed E-state index contributed by atoms with van der Waals surface area (Å²) >= 11 is 6.11. The number of sulfonamides is 1. The summed E-state index contributed by atoms with van der Waals surface area (Å²) in [7, 11) is -3.49. The van der Waals surface area contributed by atoms with Gasteiger partial charge in [-0.15, -0.1) is 0 Å². The highest BCUT2D eigenvalue weighted by Crippen LogP contribution is 2.26. The first-order chi connectivity index (χ1) is 14.3. The molecule has 0 bridgehead atoms. The number of carbonyl (C=O) groups excluding carboxylic acids is 2. The topological polar surface area (TPSA) is 95.6 Å². The average Bonchev–Trinajstić information content (AvgIpc) is 2.71. The average molecular weight is 450 g/mol. The zero-order chi connectivity index (χ0) is 21.7. The van der Waals surface area contributed by atoms with Gasteiger partial charge in [0.05, 0.1) is 22.0 Å². The third-order valence-electron chi connectivity index (χ3n) is 4.80.